The Morgan fingerprint density at radius 2 is 1.69 bits per heavy atom. The number of nitrogens with one attached hydrogen (secondary N) is 1. The predicted octanol–water partition coefficient (Wildman–Crippen LogP) is 3.50. The third-order valence-electron chi connectivity index (χ3n) is 5.74. The molecule has 3 rings (SSSR count). The number of amides is 1. The van der Waals surface area contributed by atoms with E-state index in [1.165, 1.54) is 44.4 Å². The Morgan fingerprint density at radius 3 is 2.31 bits per heavy atom. The highest BCUT2D eigenvalue weighted by Gasteiger charge is 2.31. The molecule has 190 valence electrons. The molecule has 0 unspecified atom stereocenters. The highest BCUT2D eigenvalue weighted by Crippen LogP contribution is 2.33. The first kappa shape index (κ1) is 26.4. The number of aromatic hydroxyl groups is 1. The molecule has 1 heterocycles. The molecule has 0 aliphatic heterocycles. The van der Waals surface area contributed by atoms with Gasteiger partial charge in [0, 0.05) is 12.0 Å². The van der Waals surface area contributed by atoms with Crippen LogP contribution < -0.4 is 14.8 Å². The zero-order valence-corrected chi connectivity index (χ0v) is 20.1. The number of ether oxygens (including phenoxy) is 2. The van der Waals surface area contributed by atoms with Crippen molar-refractivity contribution in [2.75, 3.05) is 7.11 Å². The van der Waals surface area contributed by atoms with Gasteiger partial charge >= 0.3 is 17.6 Å². The lowest BCUT2D eigenvalue weighted by molar-refractivity contribution is -0.608. The molecule has 0 aliphatic carbocycles. The van der Waals surface area contributed by atoms with Gasteiger partial charge in [0.05, 0.1) is 7.11 Å². The number of carbonyl (C=O) groups is 2. The van der Waals surface area contributed by atoms with E-state index in [4.69, 9.17) is 9.47 Å². The number of benzene rings is 2. The van der Waals surface area contributed by atoms with E-state index in [2.05, 4.69) is 5.32 Å². The molecule has 2 N–H and O–H groups in total. The smallest absolute Gasteiger partial charge is 0.328 e. The van der Waals surface area contributed by atoms with Crippen molar-refractivity contribution in [3.63, 3.8) is 0 Å². The number of hydrogen-bond acceptors (Lipinski definition) is 6. The Morgan fingerprint density at radius 1 is 1.06 bits per heavy atom. The normalized spacial score (nSPS) is 13.4. The Balaban J connectivity index is 1.82. The summed E-state index contributed by atoms with van der Waals surface area (Å²) in [7, 11) is 1.26. The van der Waals surface area contributed by atoms with Crippen LogP contribution in [0.25, 0.3) is 0 Å². The molecule has 1 aromatic heterocycles. The zero-order valence-electron chi connectivity index (χ0n) is 20.1. The second-order valence-electron chi connectivity index (χ2n) is 8.27. The first-order valence-corrected chi connectivity index (χ1v) is 11.1. The van der Waals surface area contributed by atoms with E-state index in [0.717, 1.165) is 6.20 Å². The molecule has 0 saturated carbocycles. The first-order chi connectivity index (χ1) is 17.0. The number of halogens is 2. The monoisotopic (exact) mass is 500 g/mol. The minimum Gasteiger partial charge on any atom is -0.618 e. The van der Waals surface area contributed by atoms with Crippen LogP contribution in [0.1, 0.15) is 46.9 Å². The highest BCUT2D eigenvalue weighted by molar-refractivity contribution is 5.96. The Hall–Kier alpha value is -4.21. The third kappa shape index (κ3) is 5.70. The largest absolute Gasteiger partial charge is 0.618 e. The number of pyridine rings is 1. The standard InChI is InChI=1S/C26H26F2N2O6/c1-14-13-19(28)9-10-20(14)22(17-5-7-18(27)8-6-17)16(3)36-26(33)15(2)29-25(32)23-24(31)21(35-4)11-12-30(23)34/h5-13,15-16,22,31H,1-4H3,(H,29,32)/t15-,16-,22+/m0/s1. The minimum atomic E-state index is -1.20. The van der Waals surface area contributed by atoms with Crippen molar-refractivity contribution < 1.29 is 37.7 Å². The van der Waals surface area contributed by atoms with E-state index in [0.29, 0.717) is 16.7 Å². The Kier molecular flexibility index (Phi) is 8.08. The molecule has 1 amide bonds. The van der Waals surface area contributed by atoms with Crippen LogP contribution in [0.5, 0.6) is 11.5 Å². The number of nitrogens with zero attached hydrogens (tertiary/aromatic N) is 1. The summed E-state index contributed by atoms with van der Waals surface area (Å²) in [5, 5.41) is 24.5. The second-order valence-corrected chi connectivity index (χ2v) is 8.27. The molecule has 0 bridgehead atoms. The van der Waals surface area contributed by atoms with Crippen molar-refractivity contribution in [3.05, 3.63) is 94.0 Å². The average Bonchev–Trinajstić information content (AvgIpc) is 2.82. The molecular formula is C26H26F2N2O6. The number of methoxy groups -OCH3 is 1. The van der Waals surface area contributed by atoms with Crippen molar-refractivity contribution in [1.82, 2.24) is 5.32 Å². The van der Waals surface area contributed by atoms with Gasteiger partial charge in [0.1, 0.15) is 23.8 Å². The van der Waals surface area contributed by atoms with Crippen molar-refractivity contribution in [3.8, 4) is 11.5 Å². The SMILES string of the molecule is COc1cc[n+]([O-])c(C(=O)N[C@@H](C)C(=O)O[C@@H](C)[C@H](c2ccc(F)cc2)c2ccc(F)cc2C)c1O. The van der Waals surface area contributed by atoms with E-state index in [-0.39, 0.29) is 10.5 Å². The maximum atomic E-state index is 13.7. The third-order valence-corrected chi connectivity index (χ3v) is 5.74. The van der Waals surface area contributed by atoms with E-state index in [1.807, 2.05) is 0 Å². The number of rotatable bonds is 8. The topological polar surface area (TPSA) is 112 Å². The van der Waals surface area contributed by atoms with Gasteiger partial charge in [0.15, 0.2) is 11.9 Å². The molecule has 0 saturated heterocycles. The zero-order chi connectivity index (χ0) is 26.6. The molecule has 8 nitrogen and oxygen atoms in total. The van der Waals surface area contributed by atoms with Crippen molar-refractivity contribution in [1.29, 1.82) is 0 Å². The molecular weight excluding hydrogens is 474 g/mol. The Labute approximate surface area is 206 Å². The van der Waals surface area contributed by atoms with E-state index < -0.39 is 53.0 Å². The molecule has 0 fully saturated rings. The maximum absolute atomic E-state index is 13.7. The fraction of sp³-hybridized carbons (Fsp3) is 0.269. The van der Waals surface area contributed by atoms with E-state index in [1.54, 1.807) is 32.0 Å². The number of esters is 1. The fourth-order valence-corrected chi connectivity index (χ4v) is 3.92. The molecule has 2 aromatic carbocycles. The predicted molar refractivity (Wildman–Crippen MR) is 125 cm³/mol. The van der Waals surface area contributed by atoms with Crippen LogP contribution in [-0.4, -0.2) is 36.2 Å². The van der Waals surface area contributed by atoms with E-state index >= 15 is 0 Å². The molecule has 3 atom stereocenters. The minimum absolute atomic E-state index is 0.0899. The molecule has 0 radical (unpaired) electrons. The number of hydrogen-bond donors (Lipinski definition) is 2. The lowest BCUT2D eigenvalue weighted by atomic mass is 9.84. The van der Waals surface area contributed by atoms with Crippen LogP contribution in [0, 0.1) is 23.8 Å². The van der Waals surface area contributed by atoms with Crippen LogP contribution in [0.15, 0.2) is 54.7 Å². The van der Waals surface area contributed by atoms with Gasteiger partial charge in [0.25, 0.3) is 0 Å². The van der Waals surface area contributed by atoms with Crippen molar-refractivity contribution >= 4 is 11.9 Å². The van der Waals surface area contributed by atoms with Crippen LogP contribution >= 0.6 is 0 Å². The van der Waals surface area contributed by atoms with Gasteiger partial charge in [-0.15, -0.1) is 0 Å². The van der Waals surface area contributed by atoms with Crippen LogP contribution in [-0.2, 0) is 9.53 Å². The summed E-state index contributed by atoms with van der Waals surface area (Å²) in [6.07, 6.45) is 0.178. The number of aryl methyl sites for hydroxylation is 1. The summed E-state index contributed by atoms with van der Waals surface area (Å²) in [4.78, 5) is 25.5. The summed E-state index contributed by atoms with van der Waals surface area (Å²) in [5.41, 5.74) is 1.28. The molecule has 10 heteroatoms. The van der Waals surface area contributed by atoms with Gasteiger partial charge < -0.3 is 25.1 Å². The summed E-state index contributed by atoms with van der Waals surface area (Å²) < 4.78 is 38.0. The van der Waals surface area contributed by atoms with Gasteiger partial charge in [0.2, 0.25) is 5.75 Å². The summed E-state index contributed by atoms with van der Waals surface area (Å²) in [5.74, 6) is -4.02. The lowest BCUT2D eigenvalue weighted by Crippen LogP contribution is -2.46. The molecule has 0 spiro atoms. The number of aromatic nitrogens is 1. The quantitative estimate of drug-likeness (QED) is 0.278. The van der Waals surface area contributed by atoms with Gasteiger partial charge in [-0.1, -0.05) is 18.2 Å². The molecule has 36 heavy (non-hydrogen) atoms. The van der Waals surface area contributed by atoms with Crippen LogP contribution in [0.2, 0.25) is 0 Å². The fourth-order valence-electron chi connectivity index (χ4n) is 3.92. The number of carbonyl (C=O) groups excluding carboxylic acids is 2. The maximum Gasteiger partial charge on any atom is 0.328 e. The van der Waals surface area contributed by atoms with Gasteiger partial charge in [-0.3, -0.25) is 4.79 Å². The van der Waals surface area contributed by atoms with Gasteiger partial charge in [-0.2, -0.15) is 4.73 Å². The highest BCUT2D eigenvalue weighted by atomic mass is 19.1. The van der Waals surface area contributed by atoms with Crippen molar-refractivity contribution in [2.45, 2.75) is 38.8 Å². The first-order valence-electron chi connectivity index (χ1n) is 11.1. The van der Waals surface area contributed by atoms with Gasteiger partial charge in [-0.25, -0.2) is 13.6 Å². The second kappa shape index (κ2) is 11.0. The summed E-state index contributed by atoms with van der Waals surface area (Å²) in [6.45, 7) is 4.70. The summed E-state index contributed by atoms with van der Waals surface area (Å²) >= 11 is 0. The summed E-state index contributed by atoms with van der Waals surface area (Å²) in [6, 6.07) is 9.85. The average molecular weight is 500 g/mol. The van der Waals surface area contributed by atoms with E-state index in [9.17, 15) is 28.7 Å². The molecule has 0 aliphatic rings. The van der Waals surface area contributed by atoms with Crippen LogP contribution in [0.3, 0.4) is 0 Å². The van der Waals surface area contributed by atoms with Crippen molar-refractivity contribution in [2.24, 2.45) is 0 Å². The van der Waals surface area contributed by atoms with Gasteiger partial charge in [-0.05, 0) is 61.7 Å². The lowest BCUT2D eigenvalue weighted by Gasteiger charge is -2.27. The Bertz CT molecular complexity index is 1270. The molecule has 3 aromatic rings. The van der Waals surface area contributed by atoms with Crippen LogP contribution in [0.4, 0.5) is 8.78 Å².